The van der Waals surface area contributed by atoms with Crippen LogP contribution < -0.4 is 5.73 Å². The molecule has 1 rings (SSSR count). The van der Waals surface area contributed by atoms with Gasteiger partial charge < -0.3 is 10.5 Å². The van der Waals surface area contributed by atoms with Crippen molar-refractivity contribution in [2.45, 2.75) is 18.9 Å². The van der Waals surface area contributed by atoms with Crippen molar-refractivity contribution in [3.63, 3.8) is 0 Å². The summed E-state index contributed by atoms with van der Waals surface area (Å²) in [5.74, 6) is -0.913. The molecule has 2 N–H and O–H groups in total. The predicted octanol–water partition coefficient (Wildman–Crippen LogP) is 1.68. The fraction of sp³-hybridized carbons (Fsp3) is 0.364. The molecular weight excluding hydrogens is 233 g/mol. The first-order valence-electron chi connectivity index (χ1n) is 4.58. The van der Waals surface area contributed by atoms with Crippen molar-refractivity contribution in [2.75, 3.05) is 7.11 Å². The Balaban J connectivity index is 0.00000225. The zero-order valence-corrected chi connectivity index (χ0v) is 10.0. The van der Waals surface area contributed by atoms with Crippen molar-refractivity contribution in [1.82, 2.24) is 0 Å². The van der Waals surface area contributed by atoms with E-state index in [-0.39, 0.29) is 24.6 Å². The van der Waals surface area contributed by atoms with Gasteiger partial charge >= 0.3 is 5.97 Å². The van der Waals surface area contributed by atoms with Crippen molar-refractivity contribution >= 4 is 18.4 Å². The van der Waals surface area contributed by atoms with Crippen LogP contribution >= 0.6 is 12.4 Å². The molecule has 0 spiro atoms. The molecule has 90 valence electrons. The number of benzene rings is 1. The Labute approximate surface area is 100 Å². The van der Waals surface area contributed by atoms with Crippen LogP contribution in [0.25, 0.3) is 0 Å². The lowest BCUT2D eigenvalue weighted by atomic mass is 9.94. The van der Waals surface area contributed by atoms with E-state index in [2.05, 4.69) is 4.74 Å². The van der Waals surface area contributed by atoms with E-state index in [0.29, 0.717) is 5.56 Å². The molecule has 1 aromatic rings. The van der Waals surface area contributed by atoms with Crippen molar-refractivity contribution in [1.29, 1.82) is 0 Å². The summed E-state index contributed by atoms with van der Waals surface area (Å²) in [7, 11) is 1.26. The fourth-order valence-corrected chi connectivity index (χ4v) is 1.34. The largest absolute Gasteiger partial charge is 0.468 e. The first-order valence-corrected chi connectivity index (χ1v) is 4.58. The summed E-state index contributed by atoms with van der Waals surface area (Å²) in [5, 5.41) is 0. The number of hydrogen-bond donors (Lipinski definition) is 1. The zero-order chi connectivity index (χ0) is 11.5. The second-order valence-electron chi connectivity index (χ2n) is 3.68. The van der Waals surface area contributed by atoms with Crippen LogP contribution in [0, 0.1) is 5.82 Å². The minimum Gasteiger partial charge on any atom is -0.468 e. The maximum absolute atomic E-state index is 13.3. The maximum Gasteiger partial charge on any atom is 0.325 e. The van der Waals surface area contributed by atoms with Crippen LogP contribution in [0.3, 0.4) is 0 Å². The lowest BCUT2D eigenvalue weighted by molar-refractivity contribution is -0.146. The van der Waals surface area contributed by atoms with Crippen molar-refractivity contribution in [3.8, 4) is 0 Å². The van der Waals surface area contributed by atoms with E-state index in [1.54, 1.807) is 18.2 Å². The maximum atomic E-state index is 13.3. The fourth-order valence-electron chi connectivity index (χ4n) is 1.34. The number of hydrogen-bond acceptors (Lipinski definition) is 3. The highest BCUT2D eigenvalue weighted by Gasteiger charge is 2.30. The van der Waals surface area contributed by atoms with Crippen LogP contribution in [-0.4, -0.2) is 18.6 Å². The average molecular weight is 248 g/mol. The van der Waals surface area contributed by atoms with Crippen LogP contribution in [0.4, 0.5) is 4.39 Å². The van der Waals surface area contributed by atoms with E-state index >= 15 is 0 Å². The molecule has 0 heterocycles. The SMILES string of the molecule is COC(=O)C(C)(N)Cc1ccccc1F.Cl. The molecule has 0 aromatic heterocycles. The Hall–Kier alpha value is -1.13. The minimum absolute atomic E-state index is 0. The van der Waals surface area contributed by atoms with Gasteiger partial charge in [0.2, 0.25) is 0 Å². The van der Waals surface area contributed by atoms with Crippen molar-refractivity contribution < 1.29 is 13.9 Å². The Bertz CT molecular complexity index is 369. The number of nitrogens with two attached hydrogens (primary N) is 1. The van der Waals surface area contributed by atoms with E-state index in [1.165, 1.54) is 20.1 Å². The smallest absolute Gasteiger partial charge is 0.325 e. The van der Waals surface area contributed by atoms with E-state index in [0.717, 1.165) is 0 Å². The molecule has 0 bridgehead atoms. The van der Waals surface area contributed by atoms with Gasteiger partial charge in [0.25, 0.3) is 0 Å². The standard InChI is InChI=1S/C11H14FNO2.ClH/c1-11(13,10(14)15-2)7-8-5-3-4-6-9(8)12;/h3-6H,7,13H2,1-2H3;1H. The Morgan fingerprint density at radius 3 is 2.56 bits per heavy atom. The normalized spacial score (nSPS) is 13.5. The Morgan fingerprint density at radius 1 is 1.50 bits per heavy atom. The molecule has 5 heteroatoms. The monoisotopic (exact) mass is 247 g/mol. The van der Waals surface area contributed by atoms with E-state index in [9.17, 15) is 9.18 Å². The number of methoxy groups -OCH3 is 1. The third-order valence-electron chi connectivity index (χ3n) is 2.17. The second-order valence-corrected chi connectivity index (χ2v) is 3.68. The van der Waals surface area contributed by atoms with E-state index in [1.807, 2.05) is 0 Å². The van der Waals surface area contributed by atoms with Gasteiger partial charge in [0, 0.05) is 6.42 Å². The van der Waals surface area contributed by atoms with Crippen LogP contribution in [0.1, 0.15) is 12.5 Å². The summed E-state index contributed by atoms with van der Waals surface area (Å²) in [6.07, 6.45) is 0.117. The quantitative estimate of drug-likeness (QED) is 0.827. The van der Waals surface area contributed by atoms with E-state index < -0.39 is 11.5 Å². The molecule has 0 saturated heterocycles. The number of rotatable bonds is 3. The average Bonchev–Trinajstić information content (AvgIpc) is 2.20. The third kappa shape index (κ3) is 3.47. The van der Waals surface area contributed by atoms with Crippen molar-refractivity contribution in [3.05, 3.63) is 35.6 Å². The van der Waals surface area contributed by atoms with Gasteiger partial charge in [0.05, 0.1) is 7.11 Å². The van der Waals surface area contributed by atoms with Gasteiger partial charge in [-0.25, -0.2) is 4.39 Å². The molecule has 0 radical (unpaired) electrons. The van der Waals surface area contributed by atoms with E-state index in [4.69, 9.17) is 5.73 Å². The summed E-state index contributed by atoms with van der Waals surface area (Å²) in [5.41, 5.74) is 4.94. The third-order valence-corrected chi connectivity index (χ3v) is 2.17. The first kappa shape index (κ1) is 14.9. The van der Waals surface area contributed by atoms with Gasteiger partial charge in [0.1, 0.15) is 11.4 Å². The number of carbonyl (C=O) groups excluding carboxylic acids is 1. The first-order chi connectivity index (χ1) is 6.97. The summed E-state index contributed by atoms with van der Waals surface area (Å²) < 4.78 is 17.8. The Kier molecular flexibility index (Phi) is 5.41. The van der Waals surface area contributed by atoms with Gasteiger partial charge in [-0.15, -0.1) is 12.4 Å². The van der Waals surface area contributed by atoms with Gasteiger partial charge in [-0.2, -0.15) is 0 Å². The molecule has 0 fully saturated rings. The molecule has 1 unspecified atom stereocenters. The number of esters is 1. The summed E-state index contributed by atoms with van der Waals surface area (Å²) >= 11 is 0. The van der Waals surface area contributed by atoms with Crippen LogP contribution in [0.2, 0.25) is 0 Å². The van der Waals surface area contributed by atoms with Crippen LogP contribution in [0.5, 0.6) is 0 Å². The Morgan fingerprint density at radius 2 is 2.06 bits per heavy atom. The predicted molar refractivity (Wildman–Crippen MR) is 62.0 cm³/mol. The summed E-state index contributed by atoms with van der Waals surface area (Å²) in [6.45, 7) is 1.52. The molecule has 0 aliphatic carbocycles. The number of carbonyl (C=O) groups is 1. The highest BCUT2D eigenvalue weighted by atomic mass is 35.5. The lowest BCUT2D eigenvalue weighted by Gasteiger charge is -2.21. The van der Waals surface area contributed by atoms with Crippen molar-refractivity contribution in [2.24, 2.45) is 5.73 Å². The van der Waals surface area contributed by atoms with Gasteiger partial charge in [0.15, 0.2) is 0 Å². The number of halogens is 2. The highest BCUT2D eigenvalue weighted by Crippen LogP contribution is 2.15. The molecule has 16 heavy (non-hydrogen) atoms. The van der Waals surface area contributed by atoms with Gasteiger partial charge in [-0.05, 0) is 18.6 Å². The molecular formula is C11H15ClFNO2. The topological polar surface area (TPSA) is 52.3 Å². The molecule has 0 aliphatic heterocycles. The van der Waals surface area contributed by atoms with Crippen LogP contribution in [-0.2, 0) is 16.0 Å². The summed E-state index contributed by atoms with van der Waals surface area (Å²) in [4.78, 5) is 11.3. The molecule has 0 saturated carbocycles. The minimum atomic E-state index is -1.20. The highest BCUT2D eigenvalue weighted by molar-refractivity contribution is 5.85. The molecule has 3 nitrogen and oxygen atoms in total. The molecule has 0 amide bonds. The summed E-state index contributed by atoms with van der Waals surface area (Å²) in [6, 6.07) is 6.22. The molecule has 0 aliphatic rings. The number of ether oxygens (including phenoxy) is 1. The molecule has 1 aromatic carbocycles. The van der Waals surface area contributed by atoms with Gasteiger partial charge in [-0.3, -0.25) is 4.79 Å². The second kappa shape index (κ2) is 5.82. The van der Waals surface area contributed by atoms with Gasteiger partial charge in [-0.1, -0.05) is 18.2 Å². The molecule has 1 atom stereocenters. The van der Waals surface area contributed by atoms with Crippen LogP contribution in [0.15, 0.2) is 24.3 Å². The lowest BCUT2D eigenvalue weighted by Crippen LogP contribution is -2.47. The zero-order valence-electron chi connectivity index (χ0n) is 9.20.